The summed E-state index contributed by atoms with van der Waals surface area (Å²) >= 11 is 1.80. The molecule has 3 amide bonds. The fourth-order valence-electron chi connectivity index (χ4n) is 2.13. The van der Waals surface area contributed by atoms with Crippen LogP contribution in [-0.4, -0.2) is 57.5 Å². The molecule has 0 aromatic heterocycles. The van der Waals surface area contributed by atoms with Crippen LogP contribution in [0.4, 0.5) is 4.79 Å². The SMILES string of the molecule is CC1CN(C(=O)NC(CCC(N)=O)C(=O)O)CC(C)S1. The van der Waals surface area contributed by atoms with Gasteiger partial charge in [-0.15, -0.1) is 0 Å². The van der Waals surface area contributed by atoms with Crippen molar-refractivity contribution in [3.05, 3.63) is 0 Å². The number of carboxylic acids is 1. The first kappa shape index (κ1) is 16.6. The number of amides is 3. The molecule has 0 aromatic rings. The Morgan fingerprint density at radius 3 is 2.35 bits per heavy atom. The molecule has 1 fully saturated rings. The molecule has 0 saturated carbocycles. The second kappa shape index (κ2) is 7.37. The van der Waals surface area contributed by atoms with E-state index in [2.05, 4.69) is 5.32 Å². The molecule has 0 spiro atoms. The number of nitrogens with one attached hydrogen (secondary N) is 1. The molecule has 0 aliphatic carbocycles. The maximum atomic E-state index is 12.1. The Morgan fingerprint density at radius 2 is 1.90 bits per heavy atom. The molecule has 3 atom stereocenters. The maximum Gasteiger partial charge on any atom is 0.326 e. The van der Waals surface area contributed by atoms with Gasteiger partial charge in [0.2, 0.25) is 5.91 Å². The lowest BCUT2D eigenvalue weighted by Gasteiger charge is -2.35. The van der Waals surface area contributed by atoms with Crippen molar-refractivity contribution in [2.24, 2.45) is 5.73 Å². The molecule has 1 aliphatic rings. The summed E-state index contributed by atoms with van der Waals surface area (Å²) in [5.74, 6) is -1.74. The fourth-order valence-corrected chi connectivity index (χ4v) is 3.45. The van der Waals surface area contributed by atoms with E-state index >= 15 is 0 Å². The summed E-state index contributed by atoms with van der Waals surface area (Å²) in [6.45, 7) is 5.23. The van der Waals surface area contributed by atoms with Gasteiger partial charge in [0, 0.05) is 30.0 Å². The van der Waals surface area contributed by atoms with Crippen molar-refractivity contribution in [1.29, 1.82) is 0 Å². The molecule has 114 valence electrons. The van der Waals surface area contributed by atoms with Gasteiger partial charge in [0.15, 0.2) is 0 Å². The Bertz CT molecular complexity index is 381. The van der Waals surface area contributed by atoms with Crippen LogP contribution in [0.15, 0.2) is 0 Å². The lowest BCUT2D eigenvalue weighted by Crippen LogP contribution is -2.52. The predicted molar refractivity (Wildman–Crippen MR) is 76.5 cm³/mol. The summed E-state index contributed by atoms with van der Waals surface area (Å²) in [4.78, 5) is 35.5. The molecular formula is C12H21N3O4S. The molecule has 0 bridgehead atoms. The zero-order valence-electron chi connectivity index (χ0n) is 11.7. The number of rotatable bonds is 5. The topological polar surface area (TPSA) is 113 Å². The second-order valence-corrected chi connectivity index (χ2v) is 6.89. The summed E-state index contributed by atoms with van der Waals surface area (Å²) in [5.41, 5.74) is 4.99. The molecule has 0 radical (unpaired) electrons. The highest BCUT2D eigenvalue weighted by molar-refractivity contribution is 8.00. The monoisotopic (exact) mass is 303 g/mol. The second-order valence-electron chi connectivity index (χ2n) is 5.01. The number of primary amides is 1. The molecule has 1 aliphatic heterocycles. The van der Waals surface area contributed by atoms with Gasteiger partial charge in [0.25, 0.3) is 0 Å². The molecule has 1 saturated heterocycles. The summed E-state index contributed by atoms with van der Waals surface area (Å²) in [7, 11) is 0. The van der Waals surface area contributed by atoms with E-state index in [9.17, 15) is 14.4 Å². The van der Waals surface area contributed by atoms with E-state index in [1.807, 2.05) is 13.8 Å². The van der Waals surface area contributed by atoms with E-state index in [0.717, 1.165) is 0 Å². The first-order valence-corrected chi connectivity index (χ1v) is 7.46. The van der Waals surface area contributed by atoms with Crippen molar-refractivity contribution in [3.63, 3.8) is 0 Å². The zero-order valence-corrected chi connectivity index (χ0v) is 12.5. The highest BCUT2D eigenvalue weighted by Crippen LogP contribution is 2.24. The van der Waals surface area contributed by atoms with Crippen LogP contribution in [0.2, 0.25) is 0 Å². The molecule has 1 heterocycles. The average Bonchev–Trinajstić information content (AvgIpc) is 2.32. The molecule has 1 rings (SSSR count). The minimum Gasteiger partial charge on any atom is -0.480 e. The van der Waals surface area contributed by atoms with Gasteiger partial charge in [-0.25, -0.2) is 9.59 Å². The first-order chi connectivity index (χ1) is 9.29. The Labute approximate surface area is 122 Å². The van der Waals surface area contributed by atoms with Crippen molar-refractivity contribution in [1.82, 2.24) is 10.2 Å². The Balaban J connectivity index is 2.56. The fraction of sp³-hybridized carbons (Fsp3) is 0.750. The third-order valence-electron chi connectivity index (χ3n) is 2.98. The molecule has 20 heavy (non-hydrogen) atoms. The number of nitrogens with zero attached hydrogens (tertiary/aromatic N) is 1. The lowest BCUT2D eigenvalue weighted by molar-refractivity contribution is -0.139. The van der Waals surface area contributed by atoms with E-state index in [-0.39, 0.29) is 12.8 Å². The van der Waals surface area contributed by atoms with Gasteiger partial charge in [0.05, 0.1) is 0 Å². The molecular weight excluding hydrogens is 282 g/mol. The van der Waals surface area contributed by atoms with Crippen molar-refractivity contribution >= 4 is 29.7 Å². The van der Waals surface area contributed by atoms with Gasteiger partial charge in [-0.3, -0.25) is 4.79 Å². The average molecular weight is 303 g/mol. The third-order valence-corrected chi connectivity index (χ3v) is 4.21. The Morgan fingerprint density at radius 1 is 1.35 bits per heavy atom. The smallest absolute Gasteiger partial charge is 0.326 e. The number of thioether (sulfide) groups is 1. The number of hydrogen-bond acceptors (Lipinski definition) is 4. The van der Waals surface area contributed by atoms with Crippen LogP contribution in [0.1, 0.15) is 26.7 Å². The summed E-state index contributed by atoms with van der Waals surface area (Å²) in [6.07, 6.45) is -0.0655. The standard InChI is InChI=1S/C12H21N3O4S/c1-7-5-15(6-8(2)20-7)12(19)14-9(11(17)18)3-4-10(13)16/h7-9H,3-6H2,1-2H3,(H2,13,16)(H,14,19)(H,17,18). The number of urea groups is 1. The van der Waals surface area contributed by atoms with Crippen molar-refractivity contribution in [3.8, 4) is 0 Å². The van der Waals surface area contributed by atoms with Gasteiger partial charge in [-0.1, -0.05) is 13.8 Å². The van der Waals surface area contributed by atoms with Gasteiger partial charge < -0.3 is 21.1 Å². The number of nitrogens with two attached hydrogens (primary N) is 1. The van der Waals surface area contributed by atoms with Crippen LogP contribution in [0.5, 0.6) is 0 Å². The minimum absolute atomic E-state index is 0.00407. The molecule has 4 N–H and O–H groups in total. The summed E-state index contributed by atoms with van der Waals surface area (Å²) in [5, 5.41) is 12.1. The molecule has 3 unspecified atom stereocenters. The van der Waals surface area contributed by atoms with Gasteiger partial charge in [-0.05, 0) is 6.42 Å². The Kier molecular flexibility index (Phi) is 6.12. The summed E-state index contributed by atoms with van der Waals surface area (Å²) in [6, 6.07) is -1.49. The highest BCUT2D eigenvalue weighted by atomic mass is 32.2. The van der Waals surface area contributed by atoms with E-state index in [1.54, 1.807) is 16.7 Å². The largest absolute Gasteiger partial charge is 0.480 e. The van der Waals surface area contributed by atoms with Gasteiger partial charge in [-0.2, -0.15) is 11.8 Å². The minimum atomic E-state index is -1.16. The zero-order chi connectivity index (χ0) is 15.3. The first-order valence-electron chi connectivity index (χ1n) is 6.51. The highest BCUT2D eigenvalue weighted by Gasteiger charge is 2.28. The lowest BCUT2D eigenvalue weighted by atomic mass is 10.1. The van der Waals surface area contributed by atoms with Crippen LogP contribution < -0.4 is 11.1 Å². The Hall–Kier alpha value is -1.44. The van der Waals surface area contributed by atoms with Gasteiger partial charge >= 0.3 is 12.0 Å². The van der Waals surface area contributed by atoms with Crippen LogP contribution in [0.3, 0.4) is 0 Å². The predicted octanol–water partition coefficient (Wildman–Crippen LogP) is 0.241. The van der Waals surface area contributed by atoms with Crippen molar-refractivity contribution in [2.75, 3.05) is 13.1 Å². The van der Waals surface area contributed by atoms with Gasteiger partial charge in [0.1, 0.15) is 6.04 Å². The van der Waals surface area contributed by atoms with Crippen LogP contribution in [-0.2, 0) is 9.59 Å². The normalized spacial score (nSPS) is 24.0. The van der Waals surface area contributed by atoms with E-state index < -0.39 is 23.9 Å². The van der Waals surface area contributed by atoms with E-state index in [0.29, 0.717) is 23.6 Å². The van der Waals surface area contributed by atoms with Crippen LogP contribution >= 0.6 is 11.8 Å². The van der Waals surface area contributed by atoms with Crippen LogP contribution in [0.25, 0.3) is 0 Å². The van der Waals surface area contributed by atoms with Crippen molar-refractivity contribution < 1.29 is 19.5 Å². The van der Waals surface area contributed by atoms with E-state index in [4.69, 9.17) is 10.8 Å². The van der Waals surface area contributed by atoms with Crippen LogP contribution in [0, 0.1) is 0 Å². The number of aliphatic carboxylic acids is 1. The molecule has 7 nitrogen and oxygen atoms in total. The number of carbonyl (C=O) groups is 3. The molecule has 0 aromatic carbocycles. The number of carbonyl (C=O) groups excluding carboxylic acids is 2. The van der Waals surface area contributed by atoms with Crippen molar-refractivity contribution in [2.45, 2.75) is 43.2 Å². The number of carboxylic acid groups (broad SMARTS) is 1. The number of hydrogen-bond donors (Lipinski definition) is 3. The van der Waals surface area contributed by atoms with E-state index in [1.165, 1.54) is 0 Å². The summed E-state index contributed by atoms with van der Waals surface area (Å²) < 4.78 is 0. The quantitative estimate of drug-likeness (QED) is 0.673. The maximum absolute atomic E-state index is 12.1. The third kappa shape index (κ3) is 5.28. The molecule has 8 heteroatoms.